The van der Waals surface area contributed by atoms with E-state index in [9.17, 15) is 13.9 Å². The molecule has 0 bridgehead atoms. The first kappa shape index (κ1) is 10.1. The second-order valence-electron chi connectivity index (χ2n) is 3.29. The fraction of sp³-hybridized carbons (Fsp3) is 0.400. The van der Waals surface area contributed by atoms with E-state index in [1.165, 1.54) is 6.92 Å². The summed E-state index contributed by atoms with van der Waals surface area (Å²) in [7, 11) is 0. The van der Waals surface area contributed by atoms with Crippen molar-refractivity contribution in [3.05, 3.63) is 35.4 Å². The standard InChI is InChI=1S/C10H12F2O/c1-3-10(2,13)7-4-8(11)6-9(12)5-7/h4-6,13H,3H2,1-2H3/t10-/m0/s1. The van der Waals surface area contributed by atoms with E-state index in [2.05, 4.69) is 0 Å². The molecule has 0 aliphatic rings. The lowest BCUT2D eigenvalue weighted by Crippen LogP contribution is -2.19. The van der Waals surface area contributed by atoms with Crippen LogP contribution in [0, 0.1) is 11.6 Å². The van der Waals surface area contributed by atoms with E-state index >= 15 is 0 Å². The predicted octanol–water partition coefficient (Wildman–Crippen LogP) is 2.58. The van der Waals surface area contributed by atoms with Crippen LogP contribution < -0.4 is 0 Å². The van der Waals surface area contributed by atoms with E-state index in [4.69, 9.17) is 0 Å². The summed E-state index contributed by atoms with van der Waals surface area (Å²) in [6.45, 7) is 3.28. The van der Waals surface area contributed by atoms with Crippen molar-refractivity contribution in [2.45, 2.75) is 25.9 Å². The van der Waals surface area contributed by atoms with Crippen LogP contribution in [0.25, 0.3) is 0 Å². The third-order valence-electron chi connectivity index (χ3n) is 2.17. The van der Waals surface area contributed by atoms with Crippen molar-refractivity contribution in [2.75, 3.05) is 0 Å². The summed E-state index contributed by atoms with van der Waals surface area (Å²) in [4.78, 5) is 0. The maximum absolute atomic E-state index is 12.7. The highest BCUT2D eigenvalue weighted by molar-refractivity contribution is 5.23. The van der Waals surface area contributed by atoms with Gasteiger partial charge in [-0.2, -0.15) is 0 Å². The summed E-state index contributed by atoms with van der Waals surface area (Å²) >= 11 is 0. The third-order valence-corrected chi connectivity index (χ3v) is 2.17. The van der Waals surface area contributed by atoms with Crippen molar-refractivity contribution in [2.24, 2.45) is 0 Å². The minimum atomic E-state index is -1.16. The zero-order chi connectivity index (χ0) is 10.1. The Morgan fingerprint density at radius 1 is 1.23 bits per heavy atom. The van der Waals surface area contributed by atoms with Gasteiger partial charge in [0.25, 0.3) is 0 Å². The zero-order valence-electron chi connectivity index (χ0n) is 7.64. The lowest BCUT2D eigenvalue weighted by molar-refractivity contribution is 0.0524. The van der Waals surface area contributed by atoms with Gasteiger partial charge < -0.3 is 5.11 Å². The lowest BCUT2D eigenvalue weighted by Gasteiger charge is -2.21. The summed E-state index contributed by atoms with van der Waals surface area (Å²) in [5.74, 6) is -1.33. The van der Waals surface area contributed by atoms with E-state index in [-0.39, 0.29) is 5.56 Å². The van der Waals surface area contributed by atoms with Gasteiger partial charge in [-0.25, -0.2) is 8.78 Å². The zero-order valence-corrected chi connectivity index (χ0v) is 7.64. The number of hydrogen-bond donors (Lipinski definition) is 1. The number of hydrogen-bond acceptors (Lipinski definition) is 1. The molecule has 0 unspecified atom stereocenters. The van der Waals surface area contributed by atoms with Gasteiger partial charge >= 0.3 is 0 Å². The molecule has 1 aromatic rings. The largest absolute Gasteiger partial charge is 0.385 e. The van der Waals surface area contributed by atoms with Gasteiger partial charge in [0.2, 0.25) is 0 Å². The Hall–Kier alpha value is -0.960. The maximum atomic E-state index is 12.7. The maximum Gasteiger partial charge on any atom is 0.126 e. The van der Waals surface area contributed by atoms with Crippen molar-refractivity contribution in [3.8, 4) is 0 Å². The Kier molecular flexibility index (Phi) is 2.66. The molecule has 72 valence electrons. The molecule has 1 nitrogen and oxygen atoms in total. The first-order chi connectivity index (χ1) is 5.95. The second-order valence-corrected chi connectivity index (χ2v) is 3.29. The summed E-state index contributed by atoms with van der Waals surface area (Å²) in [5, 5.41) is 9.71. The summed E-state index contributed by atoms with van der Waals surface area (Å²) in [5.41, 5.74) is -0.893. The van der Waals surface area contributed by atoms with Crippen molar-refractivity contribution < 1.29 is 13.9 Å². The van der Waals surface area contributed by atoms with Gasteiger partial charge in [0, 0.05) is 6.07 Å². The van der Waals surface area contributed by atoms with Crippen LogP contribution in [-0.2, 0) is 5.60 Å². The summed E-state index contributed by atoms with van der Waals surface area (Å²) in [6, 6.07) is 3.08. The fourth-order valence-corrected chi connectivity index (χ4v) is 1.07. The van der Waals surface area contributed by atoms with Crippen LogP contribution in [-0.4, -0.2) is 5.11 Å². The third kappa shape index (κ3) is 2.25. The molecule has 0 amide bonds. The van der Waals surface area contributed by atoms with E-state index in [0.29, 0.717) is 6.42 Å². The lowest BCUT2D eigenvalue weighted by atomic mass is 9.93. The Morgan fingerprint density at radius 3 is 2.08 bits per heavy atom. The molecule has 1 rings (SSSR count). The Balaban J connectivity index is 3.15. The first-order valence-corrected chi connectivity index (χ1v) is 4.14. The van der Waals surface area contributed by atoms with Crippen LogP contribution in [0.5, 0.6) is 0 Å². The molecule has 13 heavy (non-hydrogen) atoms. The monoisotopic (exact) mass is 186 g/mol. The molecular formula is C10H12F2O. The van der Waals surface area contributed by atoms with E-state index in [1.807, 2.05) is 0 Å². The molecule has 0 fully saturated rings. The number of benzene rings is 1. The van der Waals surface area contributed by atoms with E-state index in [0.717, 1.165) is 18.2 Å². The van der Waals surface area contributed by atoms with Crippen LogP contribution in [0.2, 0.25) is 0 Å². The van der Waals surface area contributed by atoms with Gasteiger partial charge in [-0.3, -0.25) is 0 Å². The molecule has 0 saturated heterocycles. The summed E-state index contributed by atoms with van der Waals surface area (Å²) < 4.78 is 25.5. The van der Waals surface area contributed by atoms with Crippen molar-refractivity contribution in [1.29, 1.82) is 0 Å². The van der Waals surface area contributed by atoms with Gasteiger partial charge in [0.05, 0.1) is 5.60 Å². The highest BCUT2D eigenvalue weighted by atomic mass is 19.1. The number of rotatable bonds is 2. The Labute approximate surface area is 76.0 Å². The van der Waals surface area contributed by atoms with Crippen molar-refractivity contribution >= 4 is 0 Å². The van der Waals surface area contributed by atoms with Gasteiger partial charge in [0.1, 0.15) is 11.6 Å². The molecule has 3 heteroatoms. The van der Waals surface area contributed by atoms with Gasteiger partial charge in [-0.1, -0.05) is 6.92 Å². The molecule has 0 spiro atoms. The van der Waals surface area contributed by atoms with Gasteiger partial charge in [-0.15, -0.1) is 0 Å². The smallest absolute Gasteiger partial charge is 0.126 e. The van der Waals surface area contributed by atoms with Crippen molar-refractivity contribution in [1.82, 2.24) is 0 Å². The molecule has 0 saturated carbocycles. The molecule has 0 heterocycles. The number of aliphatic hydroxyl groups is 1. The quantitative estimate of drug-likeness (QED) is 0.752. The molecule has 0 aromatic heterocycles. The number of halogens is 2. The second kappa shape index (κ2) is 3.42. The molecule has 1 N–H and O–H groups in total. The van der Waals surface area contributed by atoms with E-state index < -0.39 is 17.2 Å². The molecule has 1 atom stereocenters. The van der Waals surface area contributed by atoms with Crippen LogP contribution in [0.3, 0.4) is 0 Å². The highest BCUT2D eigenvalue weighted by Gasteiger charge is 2.21. The highest BCUT2D eigenvalue weighted by Crippen LogP contribution is 2.25. The van der Waals surface area contributed by atoms with Gasteiger partial charge in [0.15, 0.2) is 0 Å². The Bertz CT molecular complexity index is 288. The van der Waals surface area contributed by atoms with Crippen molar-refractivity contribution in [3.63, 3.8) is 0 Å². The minimum Gasteiger partial charge on any atom is -0.385 e. The minimum absolute atomic E-state index is 0.271. The van der Waals surface area contributed by atoms with Crippen LogP contribution >= 0.6 is 0 Å². The SMILES string of the molecule is CC[C@](C)(O)c1cc(F)cc(F)c1. The molecular weight excluding hydrogens is 174 g/mol. The average molecular weight is 186 g/mol. The van der Waals surface area contributed by atoms with E-state index in [1.54, 1.807) is 6.92 Å². The van der Waals surface area contributed by atoms with Crippen LogP contribution in [0.15, 0.2) is 18.2 Å². The summed E-state index contributed by atoms with van der Waals surface area (Å²) in [6.07, 6.45) is 0.413. The topological polar surface area (TPSA) is 20.2 Å². The van der Waals surface area contributed by atoms with Crippen LogP contribution in [0.4, 0.5) is 8.78 Å². The average Bonchev–Trinajstić information content (AvgIpc) is 2.02. The fourth-order valence-electron chi connectivity index (χ4n) is 1.07. The molecule has 1 aromatic carbocycles. The molecule has 0 aliphatic heterocycles. The Morgan fingerprint density at radius 2 is 1.69 bits per heavy atom. The molecule has 0 radical (unpaired) electrons. The normalized spacial score (nSPS) is 15.5. The first-order valence-electron chi connectivity index (χ1n) is 4.14. The predicted molar refractivity (Wildman–Crippen MR) is 46.2 cm³/mol. The van der Waals surface area contributed by atoms with Crippen LogP contribution in [0.1, 0.15) is 25.8 Å². The molecule has 0 aliphatic carbocycles. The van der Waals surface area contributed by atoms with Gasteiger partial charge in [-0.05, 0) is 31.0 Å².